The number of hydrogen-bond donors (Lipinski definition) is 1. The molecule has 1 N–H and O–H groups in total. The molecule has 1 aromatic heterocycles. The molecule has 7 heteroatoms. The molecule has 0 fully saturated rings. The molecular formula is C19H20ClN3O2S. The van der Waals surface area contributed by atoms with E-state index in [0.717, 1.165) is 22.7 Å². The first-order valence-corrected chi connectivity index (χ1v) is 9.89. The largest absolute Gasteiger partial charge is 0.356 e. The van der Waals surface area contributed by atoms with Gasteiger partial charge in [0.05, 0.1) is 11.4 Å². The topological polar surface area (TPSA) is 62.3 Å². The van der Waals surface area contributed by atoms with Gasteiger partial charge in [0, 0.05) is 30.7 Å². The van der Waals surface area contributed by atoms with Crippen molar-refractivity contribution < 1.29 is 9.59 Å². The standard InChI is InChI=1S/C19H20ClN3O2S/c20-15-7-5-14(6-8-15)9-11-21-17(24)4-2-12-23-16-3-1-10-22-19(16)26-13-18(23)25/h1,3,5-8,10H,2,4,9,11-13H2,(H,21,24). The van der Waals surface area contributed by atoms with E-state index in [9.17, 15) is 9.59 Å². The zero-order chi connectivity index (χ0) is 18.4. The van der Waals surface area contributed by atoms with Crippen LogP contribution in [0, 0.1) is 0 Å². The van der Waals surface area contributed by atoms with Gasteiger partial charge < -0.3 is 10.2 Å². The lowest BCUT2D eigenvalue weighted by atomic mass is 10.1. The van der Waals surface area contributed by atoms with Gasteiger partial charge in [0.1, 0.15) is 5.03 Å². The lowest BCUT2D eigenvalue weighted by Crippen LogP contribution is -2.37. The third-order valence-electron chi connectivity index (χ3n) is 4.11. The molecular weight excluding hydrogens is 370 g/mol. The Morgan fingerprint density at radius 2 is 2.08 bits per heavy atom. The summed E-state index contributed by atoms with van der Waals surface area (Å²) >= 11 is 7.32. The molecule has 2 amide bonds. The molecule has 2 heterocycles. The first-order valence-electron chi connectivity index (χ1n) is 8.53. The number of carbonyl (C=O) groups is 2. The van der Waals surface area contributed by atoms with Gasteiger partial charge in [-0.05, 0) is 42.7 Å². The van der Waals surface area contributed by atoms with Crippen molar-refractivity contribution in [1.82, 2.24) is 10.3 Å². The Morgan fingerprint density at radius 3 is 2.88 bits per heavy atom. The maximum Gasteiger partial charge on any atom is 0.237 e. The maximum atomic E-state index is 12.2. The van der Waals surface area contributed by atoms with Crippen LogP contribution in [-0.2, 0) is 16.0 Å². The molecule has 136 valence electrons. The number of anilines is 1. The van der Waals surface area contributed by atoms with E-state index >= 15 is 0 Å². The van der Waals surface area contributed by atoms with Crippen LogP contribution < -0.4 is 10.2 Å². The van der Waals surface area contributed by atoms with Gasteiger partial charge in [-0.15, -0.1) is 0 Å². The van der Waals surface area contributed by atoms with Gasteiger partial charge in [-0.2, -0.15) is 0 Å². The average Bonchev–Trinajstić information content (AvgIpc) is 2.65. The van der Waals surface area contributed by atoms with Gasteiger partial charge in [-0.3, -0.25) is 9.59 Å². The van der Waals surface area contributed by atoms with Crippen LogP contribution in [0.2, 0.25) is 5.02 Å². The minimum atomic E-state index is 0.00390. The van der Waals surface area contributed by atoms with Gasteiger partial charge >= 0.3 is 0 Å². The Labute approximate surface area is 162 Å². The summed E-state index contributed by atoms with van der Waals surface area (Å²) in [4.78, 5) is 30.2. The van der Waals surface area contributed by atoms with E-state index in [4.69, 9.17) is 11.6 Å². The Kier molecular flexibility index (Phi) is 6.52. The van der Waals surface area contributed by atoms with Gasteiger partial charge in [-0.1, -0.05) is 35.5 Å². The predicted octanol–water partition coefficient (Wildman–Crippen LogP) is 3.31. The highest BCUT2D eigenvalue weighted by atomic mass is 35.5. The number of nitrogens with zero attached hydrogens (tertiary/aromatic N) is 2. The number of fused-ring (bicyclic) bond motifs is 1. The molecule has 0 saturated heterocycles. The fourth-order valence-electron chi connectivity index (χ4n) is 2.77. The second-order valence-electron chi connectivity index (χ2n) is 5.99. The summed E-state index contributed by atoms with van der Waals surface area (Å²) in [6.45, 7) is 1.12. The van der Waals surface area contributed by atoms with Gasteiger partial charge in [-0.25, -0.2) is 4.98 Å². The van der Waals surface area contributed by atoms with E-state index in [-0.39, 0.29) is 11.8 Å². The quantitative estimate of drug-likeness (QED) is 0.789. The second kappa shape index (κ2) is 9.05. The smallest absolute Gasteiger partial charge is 0.237 e. The summed E-state index contributed by atoms with van der Waals surface area (Å²) in [6, 6.07) is 11.3. The molecule has 1 aliphatic heterocycles. The van der Waals surface area contributed by atoms with E-state index in [1.54, 1.807) is 11.1 Å². The molecule has 0 atom stereocenters. The number of benzene rings is 1. The molecule has 0 aliphatic carbocycles. The van der Waals surface area contributed by atoms with E-state index in [1.165, 1.54) is 11.8 Å². The normalized spacial score (nSPS) is 13.4. The highest BCUT2D eigenvalue weighted by molar-refractivity contribution is 8.00. The number of halogens is 1. The minimum Gasteiger partial charge on any atom is -0.356 e. The highest BCUT2D eigenvalue weighted by Crippen LogP contribution is 2.33. The minimum absolute atomic E-state index is 0.00390. The van der Waals surface area contributed by atoms with E-state index in [0.29, 0.717) is 36.7 Å². The molecule has 1 aromatic carbocycles. The number of pyridine rings is 1. The van der Waals surface area contributed by atoms with Crippen molar-refractivity contribution in [3.8, 4) is 0 Å². The molecule has 0 bridgehead atoms. The van der Waals surface area contributed by atoms with Crippen LogP contribution in [0.15, 0.2) is 47.6 Å². The summed E-state index contributed by atoms with van der Waals surface area (Å²) in [5, 5.41) is 4.51. The summed E-state index contributed by atoms with van der Waals surface area (Å²) in [5.74, 6) is 0.472. The number of aromatic nitrogens is 1. The fraction of sp³-hybridized carbons (Fsp3) is 0.316. The SMILES string of the molecule is O=C(CCCN1C(=O)CSc2ncccc21)NCCc1ccc(Cl)cc1. The molecule has 26 heavy (non-hydrogen) atoms. The predicted molar refractivity (Wildman–Crippen MR) is 105 cm³/mol. The van der Waals surface area contributed by atoms with Crippen molar-refractivity contribution in [3.63, 3.8) is 0 Å². The van der Waals surface area contributed by atoms with Crippen molar-refractivity contribution in [2.24, 2.45) is 0 Å². The third-order valence-corrected chi connectivity index (χ3v) is 5.34. The third kappa shape index (κ3) is 4.99. The Bertz CT molecular complexity index is 783. The van der Waals surface area contributed by atoms with Crippen molar-refractivity contribution in [2.75, 3.05) is 23.7 Å². The summed E-state index contributed by atoms with van der Waals surface area (Å²) < 4.78 is 0. The molecule has 1 aliphatic rings. The van der Waals surface area contributed by atoms with Crippen LogP contribution in [-0.4, -0.2) is 35.6 Å². The number of amides is 2. The molecule has 3 rings (SSSR count). The summed E-state index contributed by atoms with van der Waals surface area (Å²) in [5.41, 5.74) is 1.98. The summed E-state index contributed by atoms with van der Waals surface area (Å²) in [6.07, 6.45) is 3.52. The van der Waals surface area contributed by atoms with E-state index < -0.39 is 0 Å². The van der Waals surface area contributed by atoms with Crippen molar-refractivity contribution >= 4 is 40.9 Å². The van der Waals surface area contributed by atoms with Crippen LogP contribution in [0.1, 0.15) is 18.4 Å². The van der Waals surface area contributed by atoms with Crippen LogP contribution in [0.5, 0.6) is 0 Å². The van der Waals surface area contributed by atoms with Crippen LogP contribution in [0.3, 0.4) is 0 Å². The molecule has 0 saturated carbocycles. The lowest BCUT2D eigenvalue weighted by molar-refractivity contribution is -0.121. The average molecular weight is 390 g/mol. The molecule has 0 spiro atoms. The van der Waals surface area contributed by atoms with Gasteiger partial charge in [0.2, 0.25) is 11.8 Å². The molecule has 5 nitrogen and oxygen atoms in total. The maximum absolute atomic E-state index is 12.2. The highest BCUT2D eigenvalue weighted by Gasteiger charge is 2.24. The van der Waals surface area contributed by atoms with Crippen LogP contribution >= 0.6 is 23.4 Å². The van der Waals surface area contributed by atoms with E-state index in [1.807, 2.05) is 36.4 Å². The second-order valence-corrected chi connectivity index (χ2v) is 7.39. The van der Waals surface area contributed by atoms with E-state index in [2.05, 4.69) is 10.3 Å². The van der Waals surface area contributed by atoms with Crippen molar-refractivity contribution in [2.45, 2.75) is 24.3 Å². The summed E-state index contributed by atoms with van der Waals surface area (Å²) in [7, 11) is 0. The number of thioether (sulfide) groups is 1. The van der Waals surface area contributed by atoms with Crippen LogP contribution in [0.4, 0.5) is 5.69 Å². The first kappa shape index (κ1) is 18.7. The molecule has 0 radical (unpaired) electrons. The number of carbonyl (C=O) groups excluding carboxylic acids is 2. The number of rotatable bonds is 7. The molecule has 2 aromatic rings. The van der Waals surface area contributed by atoms with Crippen molar-refractivity contribution in [1.29, 1.82) is 0 Å². The zero-order valence-electron chi connectivity index (χ0n) is 14.3. The Morgan fingerprint density at radius 1 is 1.27 bits per heavy atom. The Hall–Kier alpha value is -2.05. The van der Waals surface area contributed by atoms with Crippen molar-refractivity contribution in [3.05, 3.63) is 53.2 Å². The fourth-order valence-corrected chi connectivity index (χ4v) is 3.77. The van der Waals surface area contributed by atoms with Crippen LogP contribution in [0.25, 0.3) is 0 Å². The van der Waals surface area contributed by atoms with Gasteiger partial charge in [0.15, 0.2) is 0 Å². The Balaban J connectivity index is 1.41. The lowest BCUT2D eigenvalue weighted by Gasteiger charge is -2.27. The first-order chi connectivity index (χ1) is 12.6. The number of hydrogen-bond acceptors (Lipinski definition) is 4. The molecule has 0 unspecified atom stereocenters. The number of nitrogens with one attached hydrogen (secondary N) is 1. The van der Waals surface area contributed by atoms with Gasteiger partial charge in [0.25, 0.3) is 0 Å². The monoisotopic (exact) mass is 389 g/mol. The zero-order valence-corrected chi connectivity index (χ0v) is 15.9.